The molecule has 0 bridgehead atoms. The SMILES string of the molecule is Cc1ccc2c(n1)oc1c(-c3cc(C)c(C(C)C)c[n+]3C)c(C)ccc12.Cc1ccc2c(n1)oc1c(-c3cc(C)c(C(C)C)c[n+]3C)c(C)ccc12.[2H]C([2H])([2H])C([2H])(C)c1c[n+](C)c(-c2c(C)ccc3c2oc2nc(C)ccc23)cc1C.[2H]C([2H])([2H])c1c[n+](C)c(-c2c(C)ccc3c2oc2nc(C4([2H])C([2H])([2H])CCCC4([2H])[2H])ccc23)cc1C.[2H]C([2H])([2H])c1c[n+](C)c(-c2c(C)ccc3c2oc2nc(CC(C)(C([2H])([2H])[2H])C([2H])([2H])[2H])ccc23)cc1C. The zero-order chi connectivity index (χ0) is 114. The van der Waals surface area contributed by atoms with E-state index in [1.165, 1.54) is 58.6 Å². The molecule has 135 heavy (non-hydrogen) atoms. The molecule has 0 N–H and O–H groups in total. The molecule has 21 rings (SSSR count). The average Bonchev–Trinajstić information content (AvgIpc) is 1.17. The predicted octanol–water partition coefficient (Wildman–Crippen LogP) is 29.0. The molecule has 15 heteroatoms. The monoisotopic (exact) mass is 1820 g/mol. The van der Waals surface area contributed by atoms with E-state index in [-0.39, 0.29) is 47.5 Å². The van der Waals surface area contributed by atoms with Gasteiger partial charge >= 0.3 is 0 Å². The van der Waals surface area contributed by atoms with Gasteiger partial charge in [-0.15, -0.1) is 0 Å². The highest BCUT2D eigenvalue weighted by atomic mass is 16.4. The summed E-state index contributed by atoms with van der Waals surface area (Å²) in [5.74, 6) is -2.87. The van der Waals surface area contributed by atoms with Gasteiger partial charge in [-0.3, -0.25) is 0 Å². The van der Waals surface area contributed by atoms with E-state index in [0.717, 1.165) is 144 Å². The Morgan fingerprint density at radius 1 is 0.341 bits per heavy atom. The molecular formula is C120H133N10O5+5. The van der Waals surface area contributed by atoms with E-state index >= 15 is 0 Å². The molecule has 15 nitrogen and oxygen atoms in total. The summed E-state index contributed by atoms with van der Waals surface area (Å²) in [6, 6.07) is 49.6. The number of fused-ring (bicyclic) bond motifs is 15. The lowest BCUT2D eigenvalue weighted by Gasteiger charge is -2.20. The number of aryl methyl sites for hydroxylation is 20. The van der Waals surface area contributed by atoms with Gasteiger partial charge in [-0.25, -0.2) is 47.8 Å². The number of aromatic nitrogens is 10. The number of hydrogen-bond acceptors (Lipinski definition) is 10. The third-order valence-corrected chi connectivity index (χ3v) is 26.2. The van der Waals surface area contributed by atoms with Crippen molar-refractivity contribution in [3.63, 3.8) is 0 Å². The summed E-state index contributed by atoms with van der Waals surface area (Å²) in [5.41, 5.74) is 30.7. The maximum absolute atomic E-state index is 9.01. The van der Waals surface area contributed by atoms with Gasteiger partial charge in [0.25, 0.3) is 0 Å². The first-order valence-corrected chi connectivity index (χ1v) is 46.2. The number of pyridine rings is 10. The minimum absolute atomic E-state index is 0.00968. The molecule has 1 saturated carbocycles. The molecular weight excluding hydrogens is 1660 g/mol. The first-order chi connectivity index (χ1) is 72.6. The molecule has 1 unspecified atom stereocenters. The molecule has 5 aromatic carbocycles. The van der Waals surface area contributed by atoms with Crippen LogP contribution in [0.3, 0.4) is 0 Å². The maximum Gasteiger partial charge on any atom is 0.227 e. The maximum atomic E-state index is 9.01. The number of hydrogen-bond donors (Lipinski definition) is 0. The molecule has 0 aliphatic heterocycles. The summed E-state index contributed by atoms with van der Waals surface area (Å²) in [6.07, 6.45) is 5.55. The van der Waals surface area contributed by atoms with E-state index < -0.39 is 64.2 Å². The number of rotatable bonds is 10. The predicted molar refractivity (Wildman–Crippen MR) is 553 cm³/mol. The summed E-state index contributed by atoms with van der Waals surface area (Å²) in [5, 5.41) is 9.32. The fraction of sp³-hybridized carbons (Fsp3) is 0.333. The summed E-state index contributed by atoms with van der Waals surface area (Å²) < 4.78 is 210. The van der Waals surface area contributed by atoms with Crippen LogP contribution in [0.25, 0.3) is 167 Å². The van der Waals surface area contributed by atoms with E-state index in [4.69, 9.17) is 50.9 Å². The van der Waals surface area contributed by atoms with Crippen LogP contribution in [-0.2, 0) is 41.7 Å². The van der Waals surface area contributed by atoms with Gasteiger partial charge in [0.2, 0.25) is 57.0 Å². The number of benzene rings is 5. The average molecular weight is 1820 g/mol. The molecule has 0 amide bonds. The highest BCUT2D eigenvalue weighted by Crippen LogP contribution is 2.45. The first kappa shape index (κ1) is 70.3. The second-order valence-electron chi connectivity index (χ2n) is 37.7. The molecule has 0 saturated heterocycles. The Kier molecular flexibility index (Phi) is 19.3. The van der Waals surface area contributed by atoms with Crippen LogP contribution in [-0.4, -0.2) is 24.9 Å². The van der Waals surface area contributed by atoms with Crippen LogP contribution >= 0.6 is 0 Å². The Hall–Kier alpha value is -13.4. The molecule has 0 radical (unpaired) electrons. The van der Waals surface area contributed by atoms with E-state index in [9.17, 15) is 0 Å². The third-order valence-electron chi connectivity index (χ3n) is 26.2. The molecule has 1 aliphatic rings. The smallest absolute Gasteiger partial charge is 0.227 e. The van der Waals surface area contributed by atoms with Gasteiger partial charge in [0.05, 0.1) is 27.8 Å². The minimum atomic E-state index is -2.72. The zero-order valence-corrected chi connectivity index (χ0v) is 81.8. The fourth-order valence-electron chi connectivity index (χ4n) is 19.0. The van der Waals surface area contributed by atoms with Gasteiger partial charge in [0.15, 0.2) is 58.9 Å². The lowest BCUT2D eigenvalue weighted by Crippen LogP contribution is -2.32. The largest absolute Gasteiger partial charge is 0.437 e. The van der Waals surface area contributed by atoms with Crippen molar-refractivity contribution in [3.05, 3.63) is 295 Å². The summed E-state index contributed by atoms with van der Waals surface area (Å²) in [7, 11) is 9.68. The standard InChI is InChI=1S/C26H29N2O.C25H29N2O.3C23H25N2O/c1-16-10-11-20-21-12-13-22(19-8-6-5-7-9-19)27-26(21)29-25(20)24(16)23-14-17(2)18(3)15-28(23)4;1-15-8-10-19-20-11-9-18(13-25(4,5)6)26-24(20)28-23(19)22(15)21-12-16(2)17(3)14-27(21)7;3*1-13(2)19-12-25(6)20(11-15(19)4)21-14(3)7-9-17-18-10-8-16(5)24-23(18)26-22(17)21/h10-15,19H,5-9H2,1-4H3;8-12,14H,13H2,1-7H3;3*7-13H,1-6H3/q5*+1/i3D3,8D2,9D2,19D;3D3,4D3,5D3;1D3,13D;;. The normalized spacial score (nSPS) is 16.9. The van der Waals surface area contributed by atoms with Crippen molar-refractivity contribution < 1.29 is 73.7 Å². The van der Waals surface area contributed by atoms with Gasteiger partial charge in [-0.05, 0) is 262 Å². The van der Waals surface area contributed by atoms with Crippen molar-refractivity contribution >= 4 is 110 Å². The van der Waals surface area contributed by atoms with Gasteiger partial charge in [0.1, 0.15) is 35.2 Å². The van der Waals surface area contributed by atoms with Crippen molar-refractivity contribution in [2.45, 2.75) is 228 Å². The van der Waals surface area contributed by atoms with Crippen LogP contribution in [0.5, 0.6) is 0 Å². The van der Waals surface area contributed by atoms with Crippen molar-refractivity contribution in [1.82, 2.24) is 24.9 Å². The topological polar surface area (TPSA) is 150 Å². The lowest BCUT2D eigenvalue weighted by molar-refractivity contribution is -0.661. The third kappa shape index (κ3) is 18.2. The molecule has 688 valence electrons. The quantitative estimate of drug-likeness (QED) is 0.121. The van der Waals surface area contributed by atoms with E-state index in [0.29, 0.717) is 79.7 Å². The Morgan fingerprint density at radius 3 is 0.956 bits per heavy atom. The second-order valence-corrected chi connectivity index (χ2v) is 37.7. The molecule has 20 aromatic rings. The molecule has 1 fully saturated rings. The molecule has 15 heterocycles. The molecule has 0 spiro atoms. The Morgan fingerprint density at radius 2 is 0.630 bits per heavy atom. The van der Waals surface area contributed by atoms with Crippen molar-refractivity contribution in [2.75, 3.05) is 0 Å². The number of furan rings is 5. The Bertz CT molecular complexity index is 8870. The fourth-order valence-corrected chi connectivity index (χ4v) is 19.0. The summed E-state index contributed by atoms with van der Waals surface area (Å²) >= 11 is 0. The van der Waals surface area contributed by atoms with Crippen LogP contribution in [0.15, 0.2) is 205 Å². The highest BCUT2D eigenvalue weighted by Gasteiger charge is 2.31. The Balaban J connectivity index is 0.000000133. The molecule has 1 aliphatic carbocycles. The van der Waals surface area contributed by atoms with Crippen molar-refractivity contribution in [1.29, 1.82) is 0 Å². The lowest BCUT2D eigenvalue weighted by atomic mass is 9.86. The first-order valence-electron chi connectivity index (χ1n) is 56.7. The van der Waals surface area contributed by atoms with Gasteiger partial charge in [0, 0.05) is 175 Å². The summed E-state index contributed by atoms with van der Waals surface area (Å²) in [6.45, 7) is 25.2. The van der Waals surface area contributed by atoms with Crippen LogP contribution in [0, 0.1) is 109 Å². The highest BCUT2D eigenvalue weighted by molar-refractivity contribution is 6.13. The van der Waals surface area contributed by atoms with Gasteiger partial charge < -0.3 is 22.1 Å². The van der Waals surface area contributed by atoms with E-state index in [2.05, 4.69) is 171 Å². The van der Waals surface area contributed by atoms with Crippen LogP contribution in [0.1, 0.15) is 258 Å². The summed E-state index contributed by atoms with van der Waals surface area (Å²) in [4.78, 5) is 22.8. The van der Waals surface area contributed by atoms with Crippen LogP contribution < -0.4 is 22.8 Å². The van der Waals surface area contributed by atoms with E-state index in [1.807, 2.05) is 133 Å². The van der Waals surface area contributed by atoms with Gasteiger partial charge in [-0.2, -0.15) is 0 Å². The van der Waals surface area contributed by atoms with Crippen LogP contribution in [0.4, 0.5) is 0 Å². The Labute approximate surface area is 824 Å². The van der Waals surface area contributed by atoms with Crippen molar-refractivity contribution in [2.24, 2.45) is 40.7 Å². The van der Waals surface area contributed by atoms with E-state index in [1.54, 1.807) is 79.9 Å². The van der Waals surface area contributed by atoms with Crippen LogP contribution in [0.2, 0.25) is 0 Å². The second kappa shape index (κ2) is 37.1. The van der Waals surface area contributed by atoms with Gasteiger partial charge in [-0.1, -0.05) is 142 Å². The zero-order valence-electron chi connectivity index (χ0n) is 103. The minimum Gasteiger partial charge on any atom is -0.437 e. The molecule has 15 aromatic heterocycles. The molecule has 1 atom stereocenters. The van der Waals surface area contributed by atoms with Crippen molar-refractivity contribution in [3.8, 4) is 56.3 Å². The number of nitrogens with zero attached hydrogens (tertiary/aromatic N) is 10.